The summed E-state index contributed by atoms with van der Waals surface area (Å²) in [5, 5.41) is 0. The number of imidazole rings is 1. The lowest BCUT2D eigenvalue weighted by molar-refractivity contribution is 0.191. The number of methoxy groups -OCH3 is 1. The summed E-state index contributed by atoms with van der Waals surface area (Å²) >= 11 is 3.18. The molecule has 2 rings (SSSR count). The van der Waals surface area contributed by atoms with E-state index in [1.165, 1.54) is 6.07 Å². The third-order valence-electron chi connectivity index (χ3n) is 2.80. The first kappa shape index (κ1) is 13.3. The average Bonchev–Trinajstić information content (AvgIpc) is 2.62. The zero-order valence-electron chi connectivity index (χ0n) is 10.1. The van der Waals surface area contributed by atoms with Gasteiger partial charge in [-0.05, 0) is 34.8 Å². The summed E-state index contributed by atoms with van der Waals surface area (Å²) < 4.78 is 20.7. The maximum absolute atomic E-state index is 13.4. The Labute approximate surface area is 113 Å². The van der Waals surface area contributed by atoms with Gasteiger partial charge in [-0.2, -0.15) is 0 Å². The fraction of sp³-hybridized carbons (Fsp3) is 0.417. The number of benzene rings is 1. The number of anilines is 1. The van der Waals surface area contributed by atoms with E-state index >= 15 is 0 Å². The van der Waals surface area contributed by atoms with Crippen LogP contribution in [0.15, 0.2) is 16.6 Å². The Kier molecular flexibility index (Phi) is 4.19. The van der Waals surface area contributed by atoms with Crippen molar-refractivity contribution in [2.45, 2.75) is 19.4 Å². The fourth-order valence-electron chi connectivity index (χ4n) is 1.89. The number of fused-ring (bicyclic) bond motifs is 1. The minimum Gasteiger partial charge on any atom is -0.385 e. The third-order valence-corrected chi connectivity index (χ3v) is 3.41. The number of aryl methyl sites for hydroxylation is 1. The lowest BCUT2D eigenvalue weighted by Gasteiger charge is -2.06. The van der Waals surface area contributed by atoms with E-state index in [1.54, 1.807) is 13.2 Å². The number of unbranched alkanes of at least 4 members (excludes halogenated alkanes) is 1. The van der Waals surface area contributed by atoms with Gasteiger partial charge in [0.25, 0.3) is 0 Å². The van der Waals surface area contributed by atoms with Crippen molar-refractivity contribution in [1.82, 2.24) is 9.55 Å². The number of nitrogens with zero attached hydrogens (tertiary/aromatic N) is 2. The van der Waals surface area contributed by atoms with Gasteiger partial charge in [-0.1, -0.05) is 0 Å². The van der Waals surface area contributed by atoms with Gasteiger partial charge < -0.3 is 15.0 Å². The zero-order chi connectivity index (χ0) is 13.1. The highest BCUT2D eigenvalue weighted by Gasteiger charge is 2.11. The molecule has 0 saturated carbocycles. The van der Waals surface area contributed by atoms with Gasteiger partial charge in [0.15, 0.2) is 0 Å². The maximum Gasteiger partial charge on any atom is 0.201 e. The number of rotatable bonds is 5. The summed E-state index contributed by atoms with van der Waals surface area (Å²) in [6.07, 6.45) is 1.90. The molecule has 0 amide bonds. The van der Waals surface area contributed by atoms with E-state index in [4.69, 9.17) is 10.5 Å². The molecule has 0 bridgehead atoms. The van der Waals surface area contributed by atoms with Crippen molar-refractivity contribution >= 4 is 32.9 Å². The Balaban J connectivity index is 2.26. The van der Waals surface area contributed by atoms with Crippen molar-refractivity contribution in [2.24, 2.45) is 0 Å². The Morgan fingerprint density at radius 1 is 1.44 bits per heavy atom. The number of nitrogens with two attached hydrogens (primary N) is 1. The van der Waals surface area contributed by atoms with Gasteiger partial charge in [0.2, 0.25) is 5.95 Å². The molecule has 18 heavy (non-hydrogen) atoms. The molecule has 0 saturated heterocycles. The molecular weight excluding hydrogens is 301 g/mol. The second-order valence-corrected chi connectivity index (χ2v) is 4.93. The standard InChI is InChI=1S/C12H15BrFN3O/c1-18-5-3-2-4-17-11-6-8(13)9(14)7-10(11)16-12(17)15/h6-7H,2-5H2,1H3,(H2,15,16). The van der Waals surface area contributed by atoms with Crippen LogP contribution in [0.4, 0.5) is 10.3 Å². The topological polar surface area (TPSA) is 53.1 Å². The fourth-order valence-corrected chi connectivity index (χ4v) is 2.22. The second kappa shape index (κ2) is 5.67. The molecule has 4 nitrogen and oxygen atoms in total. The number of ether oxygens (including phenoxy) is 1. The molecule has 1 heterocycles. The molecule has 0 fully saturated rings. The first-order chi connectivity index (χ1) is 8.63. The van der Waals surface area contributed by atoms with Crippen molar-refractivity contribution in [3.8, 4) is 0 Å². The highest BCUT2D eigenvalue weighted by Crippen LogP contribution is 2.25. The van der Waals surface area contributed by atoms with Crippen LogP contribution in [0.3, 0.4) is 0 Å². The van der Waals surface area contributed by atoms with Crippen molar-refractivity contribution in [3.05, 3.63) is 22.4 Å². The van der Waals surface area contributed by atoms with Crippen molar-refractivity contribution in [2.75, 3.05) is 19.5 Å². The molecule has 0 spiro atoms. The van der Waals surface area contributed by atoms with Gasteiger partial charge in [0, 0.05) is 26.3 Å². The summed E-state index contributed by atoms with van der Waals surface area (Å²) in [6, 6.07) is 3.10. The Morgan fingerprint density at radius 3 is 2.94 bits per heavy atom. The largest absolute Gasteiger partial charge is 0.385 e. The van der Waals surface area contributed by atoms with Crippen LogP contribution in [0.25, 0.3) is 11.0 Å². The van der Waals surface area contributed by atoms with E-state index in [-0.39, 0.29) is 5.82 Å². The second-order valence-electron chi connectivity index (χ2n) is 4.08. The van der Waals surface area contributed by atoms with Crippen LogP contribution < -0.4 is 5.73 Å². The average molecular weight is 316 g/mol. The van der Waals surface area contributed by atoms with Gasteiger partial charge in [0.05, 0.1) is 15.5 Å². The van der Waals surface area contributed by atoms with E-state index in [9.17, 15) is 4.39 Å². The van der Waals surface area contributed by atoms with Crippen LogP contribution in [0.1, 0.15) is 12.8 Å². The van der Waals surface area contributed by atoms with Gasteiger partial charge >= 0.3 is 0 Å². The summed E-state index contributed by atoms with van der Waals surface area (Å²) in [4.78, 5) is 4.16. The number of halogens is 2. The van der Waals surface area contributed by atoms with E-state index < -0.39 is 0 Å². The first-order valence-corrected chi connectivity index (χ1v) is 6.52. The van der Waals surface area contributed by atoms with E-state index in [0.29, 0.717) is 15.9 Å². The molecular formula is C12H15BrFN3O. The minimum absolute atomic E-state index is 0.327. The van der Waals surface area contributed by atoms with E-state index in [2.05, 4.69) is 20.9 Å². The SMILES string of the molecule is COCCCCn1c(N)nc2cc(F)c(Br)cc21. The predicted molar refractivity (Wildman–Crippen MR) is 72.9 cm³/mol. The quantitative estimate of drug-likeness (QED) is 0.863. The number of hydrogen-bond acceptors (Lipinski definition) is 3. The van der Waals surface area contributed by atoms with Crippen molar-refractivity contribution < 1.29 is 9.13 Å². The molecule has 98 valence electrons. The third kappa shape index (κ3) is 2.64. The molecule has 1 aromatic carbocycles. The summed E-state index contributed by atoms with van der Waals surface area (Å²) in [5.74, 6) is 0.0893. The smallest absolute Gasteiger partial charge is 0.201 e. The lowest BCUT2D eigenvalue weighted by Crippen LogP contribution is -2.04. The molecule has 0 radical (unpaired) electrons. The Hall–Kier alpha value is -1.14. The number of nitrogen functional groups attached to an aromatic ring is 1. The van der Waals surface area contributed by atoms with Gasteiger partial charge in [0.1, 0.15) is 5.82 Å². The van der Waals surface area contributed by atoms with E-state index in [1.807, 2.05) is 4.57 Å². The van der Waals surface area contributed by atoms with Crippen LogP contribution in [0.2, 0.25) is 0 Å². The zero-order valence-corrected chi connectivity index (χ0v) is 11.7. The van der Waals surface area contributed by atoms with E-state index in [0.717, 1.165) is 31.5 Å². The number of aromatic nitrogens is 2. The van der Waals surface area contributed by atoms with Crippen LogP contribution >= 0.6 is 15.9 Å². The summed E-state index contributed by atoms with van der Waals surface area (Å²) in [5.41, 5.74) is 7.28. The lowest BCUT2D eigenvalue weighted by atomic mass is 10.3. The van der Waals surface area contributed by atoms with Crippen LogP contribution in [-0.4, -0.2) is 23.3 Å². The highest BCUT2D eigenvalue weighted by molar-refractivity contribution is 9.10. The monoisotopic (exact) mass is 315 g/mol. The number of hydrogen-bond donors (Lipinski definition) is 1. The maximum atomic E-state index is 13.4. The molecule has 2 N–H and O–H groups in total. The molecule has 0 atom stereocenters. The highest BCUT2D eigenvalue weighted by atomic mass is 79.9. The van der Waals surface area contributed by atoms with Crippen LogP contribution in [0.5, 0.6) is 0 Å². The molecule has 6 heteroatoms. The molecule has 0 unspecified atom stereocenters. The molecule has 1 aromatic heterocycles. The molecule has 0 aliphatic carbocycles. The summed E-state index contributed by atoms with van der Waals surface area (Å²) in [7, 11) is 1.68. The van der Waals surface area contributed by atoms with Crippen molar-refractivity contribution in [1.29, 1.82) is 0 Å². The molecule has 0 aliphatic rings. The normalized spacial score (nSPS) is 11.3. The van der Waals surface area contributed by atoms with Crippen LogP contribution in [-0.2, 0) is 11.3 Å². The van der Waals surface area contributed by atoms with Gasteiger partial charge in [-0.15, -0.1) is 0 Å². The minimum atomic E-state index is -0.327. The Bertz CT molecular complexity index is 556. The van der Waals surface area contributed by atoms with Gasteiger partial charge in [-0.25, -0.2) is 9.37 Å². The van der Waals surface area contributed by atoms with Crippen molar-refractivity contribution in [3.63, 3.8) is 0 Å². The summed E-state index contributed by atoms with van der Waals surface area (Å²) in [6.45, 7) is 1.48. The van der Waals surface area contributed by atoms with Gasteiger partial charge in [-0.3, -0.25) is 0 Å². The van der Waals surface area contributed by atoms with Crippen LogP contribution in [0, 0.1) is 5.82 Å². The molecule has 2 aromatic rings. The first-order valence-electron chi connectivity index (χ1n) is 5.73. The Morgan fingerprint density at radius 2 is 2.22 bits per heavy atom. The molecule has 0 aliphatic heterocycles. The predicted octanol–water partition coefficient (Wildman–Crippen LogP) is 2.95.